The lowest BCUT2D eigenvalue weighted by molar-refractivity contribution is -0.137. The zero-order chi connectivity index (χ0) is 19.4. The second kappa shape index (κ2) is 4.96. The summed E-state index contributed by atoms with van der Waals surface area (Å²) in [7, 11) is -4.10. The van der Waals surface area contributed by atoms with Gasteiger partial charge in [0, 0.05) is 18.4 Å². The lowest BCUT2D eigenvalue weighted by atomic mass is 9.79. The van der Waals surface area contributed by atoms with Gasteiger partial charge in [0.1, 0.15) is 4.75 Å². The van der Waals surface area contributed by atoms with Gasteiger partial charge in [-0.15, -0.1) is 0 Å². The molecule has 0 spiro atoms. The summed E-state index contributed by atoms with van der Waals surface area (Å²) in [5, 5.41) is 19.0. The zero-order valence-corrected chi connectivity index (χ0v) is 14.7. The van der Waals surface area contributed by atoms with Gasteiger partial charge in [0.05, 0.1) is 41.7 Å². The molecule has 27 heavy (non-hydrogen) atoms. The molecule has 144 valence electrons. The first-order chi connectivity index (χ1) is 12.7. The van der Waals surface area contributed by atoms with Gasteiger partial charge in [-0.05, 0) is 30.5 Å². The number of rotatable bonds is 2. The van der Waals surface area contributed by atoms with E-state index < -0.39 is 38.7 Å². The number of halogens is 3. The van der Waals surface area contributed by atoms with E-state index in [9.17, 15) is 26.7 Å². The van der Waals surface area contributed by atoms with Crippen LogP contribution in [0.15, 0.2) is 18.2 Å². The maximum absolute atomic E-state index is 13.4. The predicted octanol–water partition coefficient (Wildman–Crippen LogP) is 1.49. The van der Waals surface area contributed by atoms with E-state index in [1.165, 1.54) is 12.1 Å². The third-order valence-corrected chi connectivity index (χ3v) is 9.41. The Labute approximate surface area is 153 Å². The number of alkyl halides is 3. The van der Waals surface area contributed by atoms with Gasteiger partial charge in [-0.3, -0.25) is 4.31 Å². The smallest absolute Gasteiger partial charge is 0.395 e. The highest BCUT2D eigenvalue weighted by atomic mass is 32.2. The Kier molecular flexibility index (Phi) is 3.17. The van der Waals surface area contributed by atoms with E-state index in [-0.39, 0.29) is 42.2 Å². The summed E-state index contributed by atoms with van der Waals surface area (Å²) >= 11 is 0. The number of epoxide rings is 1. The van der Waals surface area contributed by atoms with Gasteiger partial charge in [-0.25, -0.2) is 8.42 Å². The molecule has 0 amide bonds. The van der Waals surface area contributed by atoms with Crippen LogP contribution in [0.4, 0.5) is 18.9 Å². The van der Waals surface area contributed by atoms with Crippen LogP contribution in [0, 0.1) is 29.1 Å². The van der Waals surface area contributed by atoms with Crippen molar-refractivity contribution in [3.8, 4) is 6.07 Å². The molecule has 0 unspecified atom stereocenters. The van der Waals surface area contributed by atoms with Crippen molar-refractivity contribution < 1.29 is 31.4 Å². The molecule has 2 bridgehead atoms. The van der Waals surface area contributed by atoms with E-state index >= 15 is 0 Å². The standard InChI is InChI=1S/C17H15F3N2O4S/c18-17(19,20)11-3-9(2-1-8(11)5-21)22-6-13-10-4-12(15-14(10)26-15)16(13,7-23)27(22,24)25/h1-3,10,12-15,23H,4,6-7H2/t10-,12-,13-,14-,15+,16+/m0/s1. The number of aliphatic hydroxyl groups excluding tert-OH is 1. The molecule has 0 aromatic heterocycles. The fourth-order valence-electron chi connectivity index (χ4n) is 5.61. The number of fused-ring (bicyclic) bond motifs is 8. The molecule has 1 aromatic carbocycles. The normalized spacial score (nSPS) is 40.6. The molecular weight excluding hydrogens is 385 g/mol. The van der Waals surface area contributed by atoms with E-state index in [1.54, 1.807) is 0 Å². The van der Waals surface area contributed by atoms with Gasteiger partial charge < -0.3 is 9.84 Å². The number of hydrogen-bond acceptors (Lipinski definition) is 5. The van der Waals surface area contributed by atoms with E-state index in [0.29, 0.717) is 12.5 Å². The number of nitrogens with zero attached hydrogens (tertiary/aromatic N) is 2. The Bertz CT molecular complexity index is 989. The van der Waals surface area contributed by atoms with Crippen LogP contribution in [-0.4, -0.2) is 43.6 Å². The van der Waals surface area contributed by atoms with Crippen molar-refractivity contribution in [2.24, 2.45) is 17.8 Å². The number of aliphatic hydroxyl groups is 1. The summed E-state index contributed by atoms with van der Waals surface area (Å²) in [6.07, 6.45) is -4.29. The van der Waals surface area contributed by atoms with Crippen molar-refractivity contribution in [2.75, 3.05) is 17.5 Å². The Hall–Kier alpha value is -1.83. The molecule has 4 fully saturated rings. The van der Waals surface area contributed by atoms with Crippen LogP contribution in [-0.2, 0) is 20.9 Å². The van der Waals surface area contributed by atoms with E-state index in [4.69, 9.17) is 10.00 Å². The molecule has 2 aliphatic heterocycles. The number of benzene rings is 1. The summed E-state index contributed by atoms with van der Waals surface area (Å²) in [4.78, 5) is 0. The lowest BCUT2D eigenvalue weighted by Gasteiger charge is -2.33. The third-order valence-electron chi connectivity index (χ3n) is 6.78. The molecule has 1 N–H and O–H groups in total. The highest BCUT2D eigenvalue weighted by Gasteiger charge is 2.80. The van der Waals surface area contributed by atoms with E-state index in [2.05, 4.69) is 0 Å². The SMILES string of the molecule is N#Cc1ccc(N2C[C@H]3[C@@H]4C[C@@H]([C@H]5O[C@@H]45)[C@@]3(CO)S2(=O)=O)cc1C(F)(F)F. The van der Waals surface area contributed by atoms with Gasteiger partial charge in [0.25, 0.3) is 0 Å². The van der Waals surface area contributed by atoms with Crippen molar-refractivity contribution in [1.82, 2.24) is 0 Å². The first-order valence-corrected chi connectivity index (χ1v) is 10.0. The zero-order valence-electron chi connectivity index (χ0n) is 13.8. The molecule has 6 nitrogen and oxygen atoms in total. The topological polar surface area (TPSA) is 93.9 Å². The van der Waals surface area contributed by atoms with Crippen LogP contribution in [0.25, 0.3) is 0 Å². The molecule has 2 saturated heterocycles. The molecule has 2 heterocycles. The molecular formula is C17H15F3N2O4S. The summed E-state index contributed by atoms with van der Waals surface area (Å²) < 4.78 is 71.7. The molecule has 10 heteroatoms. The van der Waals surface area contributed by atoms with E-state index in [0.717, 1.165) is 10.4 Å². The fraction of sp³-hybridized carbons (Fsp3) is 0.588. The highest BCUT2D eigenvalue weighted by molar-refractivity contribution is 7.94. The minimum Gasteiger partial charge on any atom is -0.395 e. The van der Waals surface area contributed by atoms with Crippen LogP contribution in [0.1, 0.15) is 17.5 Å². The average molecular weight is 400 g/mol. The second-order valence-electron chi connectivity index (χ2n) is 7.67. The largest absolute Gasteiger partial charge is 0.417 e. The van der Waals surface area contributed by atoms with Crippen LogP contribution in [0.5, 0.6) is 0 Å². The summed E-state index contributed by atoms with van der Waals surface area (Å²) in [5.41, 5.74) is -1.85. The first kappa shape index (κ1) is 17.3. The quantitative estimate of drug-likeness (QED) is 0.760. The average Bonchev–Trinajstić information content (AvgIpc) is 3.15. The third kappa shape index (κ3) is 1.90. The number of hydrogen-bond donors (Lipinski definition) is 1. The maximum Gasteiger partial charge on any atom is 0.417 e. The fourth-order valence-corrected chi connectivity index (χ4v) is 8.17. The summed E-state index contributed by atoms with van der Waals surface area (Å²) in [5.74, 6) is -0.725. The Morgan fingerprint density at radius 3 is 2.70 bits per heavy atom. The van der Waals surface area contributed by atoms with Gasteiger partial charge in [0.2, 0.25) is 10.0 Å². The van der Waals surface area contributed by atoms with Gasteiger partial charge in [0.15, 0.2) is 0 Å². The lowest BCUT2D eigenvalue weighted by Crippen LogP contribution is -2.52. The molecule has 4 aliphatic rings. The van der Waals surface area contributed by atoms with Crippen molar-refractivity contribution in [3.63, 3.8) is 0 Å². The minimum atomic E-state index is -4.77. The molecule has 5 rings (SSSR count). The summed E-state index contributed by atoms with van der Waals surface area (Å²) in [6, 6.07) is 4.41. The predicted molar refractivity (Wildman–Crippen MR) is 86.0 cm³/mol. The van der Waals surface area contributed by atoms with Crippen molar-refractivity contribution in [1.29, 1.82) is 5.26 Å². The minimum absolute atomic E-state index is 0.00141. The van der Waals surface area contributed by atoms with Crippen LogP contribution in [0.3, 0.4) is 0 Å². The molecule has 1 aromatic rings. The van der Waals surface area contributed by atoms with Gasteiger partial charge in [-0.1, -0.05) is 0 Å². The Morgan fingerprint density at radius 2 is 2.07 bits per heavy atom. The molecule has 2 aliphatic carbocycles. The van der Waals surface area contributed by atoms with Crippen LogP contribution < -0.4 is 4.31 Å². The highest BCUT2D eigenvalue weighted by Crippen LogP contribution is 2.68. The summed E-state index contributed by atoms with van der Waals surface area (Å²) in [6.45, 7) is -0.563. The maximum atomic E-state index is 13.4. The van der Waals surface area contributed by atoms with Crippen LogP contribution in [0.2, 0.25) is 0 Å². The molecule has 6 atom stereocenters. The molecule has 2 saturated carbocycles. The first-order valence-electron chi connectivity index (χ1n) is 8.57. The second-order valence-corrected chi connectivity index (χ2v) is 9.82. The van der Waals surface area contributed by atoms with Crippen molar-refractivity contribution in [2.45, 2.75) is 29.6 Å². The number of ether oxygens (including phenoxy) is 1. The van der Waals surface area contributed by atoms with Gasteiger partial charge in [-0.2, -0.15) is 18.4 Å². The number of nitriles is 1. The van der Waals surface area contributed by atoms with Crippen LogP contribution >= 0.6 is 0 Å². The van der Waals surface area contributed by atoms with Gasteiger partial charge >= 0.3 is 6.18 Å². The monoisotopic (exact) mass is 400 g/mol. The van der Waals surface area contributed by atoms with Crippen molar-refractivity contribution >= 4 is 15.7 Å². The Balaban J connectivity index is 1.62. The molecule has 0 radical (unpaired) electrons. The Morgan fingerprint density at radius 1 is 1.33 bits per heavy atom. The number of anilines is 1. The van der Waals surface area contributed by atoms with Crippen molar-refractivity contribution in [3.05, 3.63) is 29.3 Å². The van der Waals surface area contributed by atoms with E-state index in [1.807, 2.05) is 0 Å². The number of sulfonamides is 1.